The van der Waals surface area contributed by atoms with Gasteiger partial charge in [-0.1, -0.05) is 0 Å². The lowest BCUT2D eigenvalue weighted by Crippen LogP contribution is -2.66. The molecular formula is C20H23N7O3S. The minimum Gasteiger partial charge on any atom is -0.497 e. The second-order valence-electron chi connectivity index (χ2n) is 7.74. The van der Waals surface area contributed by atoms with Gasteiger partial charge in [-0.2, -0.15) is 4.98 Å². The number of hydrogen-bond donors (Lipinski definition) is 2. The van der Waals surface area contributed by atoms with Crippen LogP contribution in [0, 0.1) is 0 Å². The summed E-state index contributed by atoms with van der Waals surface area (Å²) >= 11 is 1.45. The number of nitrogens with zero attached hydrogens (tertiary/aromatic N) is 5. The fourth-order valence-electron chi connectivity index (χ4n) is 4.25. The van der Waals surface area contributed by atoms with E-state index in [0.29, 0.717) is 25.3 Å². The molecule has 2 aromatic heterocycles. The van der Waals surface area contributed by atoms with Crippen LogP contribution in [0.15, 0.2) is 29.8 Å². The minimum absolute atomic E-state index is 0.157. The standard InChI is InChI=1S/C20H23N7O3S/c1-29-14-5-3-13(4-6-14)23-19(28)30-26-9-10-27(20(11-26)7-2-8-20)16-15-17(31-12-22-15)25-18(21)24-16/h3-6,12H,2,7-11H2,1H3,(H,23,28)(H2,21,24,25). The number of ether oxygens (including phenoxy) is 1. The number of methoxy groups -OCH3 is 1. The summed E-state index contributed by atoms with van der Waals surface area (Å²) < 4.78 is 5.14. The zero-order chi connectivity index (χ0) is 21.4. The van der Waals surface area contributed by atoms with Crippen LogP contribution >= 0.6 is 11.3 Å². The molecule has 3 aromatic rings. The average molecular weight is 442 g/mol. The molecule has 10 nitrogen and oxygen atoms in total. The van der Waals surface area contributed by atoms with Gasteiger partial charge < -0.3 is 20.2 Å². The van der Waals surface area contributed by atoms with E-state index in [2.05, 4.69) is 25.2 Å². The topological polar surface area (TPSA) is 119 Å². The number of carbonyl (C=O) groups excluding carboxylic acids is 1. The Labute approximate surface area is 182 Å². The molecule has 0 bridgehead atoms. The third-order valence-electron chi connectivity index (χ3n) is 5.90. The van der Waals surface area contributed by atoms with Crippen molar-refractivity contribution in [1.29, 1.82) is 0 Å². The van der Waals surface area contributed by atoms with Crippen LogP contribution in [0.3, 0.4) is 0 Å². The molecule has 0 atom stereocenters. The van der Waals surface area contributed by atoms with E-state index >= 15 is 0 Å². The molecule has 1 spiro atoms. The van der Waals surface area contributed by atoms with Gasteiger partial charge in [-0.3, -0.25) is 5.32 Å². The quantitative estimate of drug-likeness (QED) is 0.630. The van der Waals surface area contributed by atoms with Crippen LogP contribution in [0.4, 0.5) is 22.2 Å². The number of hydrogen-bond acceptors (Lipinski definition) is 10. The van der Waals surface area contributed by atoms with Crippen molar-refractivity contribution in [2.24, 2.45) is 0 Å². The zero-order valence-corrected chi connectivity index (χ0v) is 17.9. The molecule has 1 aliphatic heterocycles. The Kier molecular flexibility index (Phi) is 4.98. The van der Waals surface area contributed by atoms with Crippen LogP contribution in [-0.4, -0.2) is 58.4 Å². The fraction of sp³-hybridized carbons (Fsp3) is 0.400. The molecular weight excluding hydrogens is 418 g/mol. The number of piperazine rings is 1. The second-order valence-corrected chi connectivity index (χ2v) is 8.57. The molecule has 1 amide bonds. The molecule has 5 rings (SSSR count). The first-order valence-corrected chi connectivity index (χ1v) is 11.0. The Hall–Kier alpha value is -3.18. The van der Waals surface area contributed by atoms with E-state index < -0.39 is 6.09 Å². The van der Waals surface area contributed by atoms with Gasteiger partial charge in [-0.15, -0.1) is 16.4 Å². The molecule has 2 fully saturated rings. The number of nitrogens with one attached hydrogen (secondary N) is 1. The van der Waals surface area contributed by atoms with E-state index in [1.54, 1.807) is 41.9 Å². The molecule has 3 N–H and O–H groups in total. The third-order valence-corrected chi connectivity index (χ3v) is 6.62. The Bertz CT molecular complexity index is 1100. The Morgan fingerprint density at radius 2 is 2.03 bits per heavy atom. The first-order valence-electron chi connectivity index (χ1n) is 10.1. The summed E-state index contributed by atoms with van der Waals surface area (Å²) in [7, 11) is 1.60. The van der Waals surface area contributed by atoms with Crippen LogP contribution < -0.4 is 20.7 Å². The van der Waals surface area contributed by atoms with Gasteiger partial charge in [0.25, 0.3) is 0 Å². The summed E-state index contributed by atoms with van der Waals surface area (Å²) in [6.45, 7) is 1.80. The SMILES string of the molecule is COc1ccc(NC(=O)ON2CCN(c3nc(N)nc4scnc34)C3(CCC3)C2)cc1. The van der Waals surface area contributed by atoms with Crippen LogP contribution in [0.1, 0.15) is 19.3 Å². The van der Waals surface area contributed by atoms with E-state index in [0.717, 1.165) is 41.2 Å². The Balaban J connectivity index is 1.29. The molecule has 3 heterocycles. The van der Waals surface area contributed by atoms with Crippen molar-refractivity contribution in [1.82, 2.24) is 20.0 Å². The molecule has 11 heteroatoms. The number of anilines is 3. The second kappa shape index (κ2) is 7.82. The average Bonchev–Trinajstić information content (AvgIpc) is 3.21. The van der Waals surface area contributed by atoms with Crippen LogP contribution in [0.25, 0.3) is 10.3 Å². The van der Waals surface area contributed by atoms with E-state index in [1.807, 2.05) is 0 Å². The molecule has 1 aromatic carbocycles. The van der Waals surface area contributed by atoms with Crippen LogP contribution in [0.2, 0.25) is 0 Å². The van der Waals surface area contributed by atoms with Gasteiger partial charge in [0.2, 0.25) is 5.95 Å². The summed E-state index contributed by atoms with van der Waals surface area (Å²) in [6, 6.07) is 7.10. The summed E-state index contributed by atoms with van der Waals surface area (Å²) in [5, 5.41) is 4.49. The lowest BCUT2D eigenvalue weighted by molar-refractivity contribution is -0.126. The number of amides is 1. The highest BCUT2D eigenvalue weighted by atomic mass is 32.1. The van der Waals surface area contributed by atoms with Crippen molar-refractivity contribution in [3.05, 3.63) is 29.8 Å². The maximum atomic E-state index is 12.4. The van der Waals surface area contributed by atoms with Gasteiger partial charge in [0.15, 0.2) is 10.6 Å². The Morgan fingerprint density at radius 3 is 2.74 bits per heavy atom. The zero-order valence-electron chi connectivity index (χ0n) is 17.1. The van der Waals surface area contributed by atoms with E-state index in [4.69, 9.17) is 15.3 Å². The first kappa shape index (κ1) is 19.8. The molecule has 0 unspecified atom stereocenters. The Morgan fingerprint density at radius 1 is 1.23 bits per heavy atom. The van der Waals surface area contributed by atoms with Crippen molar-refractivity contribution >= 4 is 45.2 Å². The predicted molar refractivity (Wildman–Crippen MR) is 118 cm³/mol. The summed E-state index contributed by atoms with van der Waals surface area (Å²) in [6.07, 6.45) is 2.58. The number of carbonyl (C=O) groups is 1. The summed E-state index contributed by atoms with van der Waals surface area (Å²) in [5.41, 5.74) is 8.98. The van der Waals surface area contributed by atoms with Gasteiger partial charge in [0.05, 0.1) is 31.2 Å². The van der Waals surface area contributed by atoms with Crippen LogP contribution in [-0.2, 0) is 4.84 Å². The van der Waals surface area contributed by atoms with Gasteiger partial charge in [0, 0.05) is 12.2 Å². The van der Waals surface area contributed by atoms with Gasteiger partial charge >= 0.3 is 6.09 Å². The number of rotatable bonds is 4. The molecule has 1 saturated heterocycles. The maximum absolute atomic E-state index is 12.4. The minimum atomic E-state index is -0.513. The molecule has 31 heavy (non-hydrogen) atoms. The van der Waals surface area contributed by atoms with E-state index in [-0.39, 0.29) is 11.5 Å². The number of fused-ring (bicyclic) bond motifs is 1. The third kappa shape index (κ3) is 3.70. The molecule has 162 valence electrons. The molecule has 2 aliphatic rings. The largest absolute Gasteiger partial charge is 0.497 e. The van der Waals surface area contributed by atoms with Crippen molar-refractivity contribution in [2.45, 2.75) is 24.8 Å². The molecule has 1 aliphatic carbocycles. The smallest absolute Gasteiger partial charge is 0.430 e. The highest BCUT2D eigenvalue weighted by Crippen LogP contribution is 2.44. The number of thiazole rings is 1. The van der Waals surface area contributed by atoms with E-state index in [1.165, 1.54) is 11.3 Å². The highest BCUT2D eigenvalue weighted by molar-refractivity contribution is 7.16. The van der Waals surface area contributed by atoms with Crippen molar-refractivity contribution in [2.75, 3.05) is 42.7 Å². The lowest BCUT2D eigenvalue weighted by atomic mass is 9.74. The first-order chi connectivity index (χ1) is 15.1. The lowest BCUT2D eigenvalue weighted by Gasteiger charge is -2.55. The normalized spacial score (nSPS) is 18.0. The number of nitrogens with two attached hydrogens (primary N) is 1. The van der Waals surface area contributed by atoms with Crippen molar-refractivity contribution in [3.8, 4) is 5.75 Å². The van der Waals surface area contributed by atoms with Gasteiger partial charge in [-0.25, -0.2) is 14.8 Å². The highest BCUT2D eigenvalue weighted by Gasteiger charge is 2.48. The van der Waals surface area contributed by atoms with Crippen LogP contribution in [0.5, 0.6) is 5.75 Å². The van der Waals surface area contributed by atoms with Gasteiger partial charge in [-0.05, 0) is 43.5 Å². The number of aromatic nitrogens is 3. The molecule has 0 radical (unpaired) electrons. The van der Waals surface area contributed by atoms with E-state index in [9.17, 15) is 4.79 Å². The fourth-order valence-corrected chi connectivity index (χ4v) is 4.91. The van der Waals surface area contributed by atoms with Crippen molar-refractivity contribution < 1.29 is 14.4 Å². The van der Waals surface area contributed by atoms with Crippen molar-refractivity contribution in [3.63, 3.8) is 0 Å². The molecule has 1 saturated carbocycles. The number of benzene rings is 1. The number of nitrogen functional groups attached to an aromatic ring is 1. The summed E-state index contributed by atoms with van der Waals surface area (Å²) in [5.74, 6) is 1.74. The predicted octanol–water partition coefficient (Wildman–Crippen LogP) is 2.89. The van der Waals surface area contributed by atoms with Gasteiger partial charge in [0.1, 0.15) is 11.3 Å². The summed E-state index contributed by atoms with van der Waals surface area (Å²) in [4.78, 5) is 34.4. The monoisotopic (exact) mass is 441 g/mol. The maximum Gasteiger partial charge on any atom is 0.430 e. The number of hydroxylamine groups is 2.